The van der Waals surface area contributed by atoms with Crippen molar-refractivity contribution in [2.45, 2.75) is 39.5 Å². The van der Waals surface area contributed by atoms with Crippen LogP contribution in [0.15, 0.2) is 18.2 Å². The molecule has 0 amide bonds. The molecule has 0 aromatic heterocycles. The van der Waals surface area contributed by atoms with Gasteiger partial charge >= 0.3 is 0 Å². The third kappa shape index (κ3) is 2.87. The van der Waals surface area contributed by atoms with Crippen LogP contribution in [0.2, 0.25) is 0 Å². The van der Waals surface area contributed by atoms with Gasteiger partial charge in [0.05, 0.1) is 0 Å². The van der Waals surface area contributed by atoms with Gasteiger partial charge in [-0.1, -0.05) is 31.5 Å². The molecular formula is C13H19. The average molecular weight is 175 g/mol. The second-order valence-electron chi connectivity index (χ2n) is 3.61. The Labute approximate surface area is 82.0 Å². The fourth-order valence-corrected chi connectivity index (χ4v) is 1.57. The fraction of sp³-hybridized carbons (Fsp3) is 0.462. The summed E-state index contributed by atoms with van der Waals surface area (Å²) < 4.78 is 0. The Morgan fingerprint density at radius 1 is 1.31 bits per heavy atom. The molecule has 1 aromatic rings. The number of unbranched alkanes of at least 4 members (excludes halogenated alkanes) is 1. The van der Waals surface area contributed by atoms with Crippen molar-refractivity contribution in [2.24, 2.45) is 0 Å². The molecule has 71 valence electrons. The van der Waals surface area contributed by atoms with Crippen LogP contribution in [0, 0.1) is 13.8 Å². The van der Waals surface area contributed by atoms with Gasteiger partial charge in [0, 0.05) is 0 Å². The Morgan fingerprint density at radius 3 is 2.62 bits per heavy atom. The molecule has 13 heavy (non-hydrogen) atoms. The molecule has 0 heteroatoms. The molecule has 0 atom stereocenters. The van der Waals surface area contributed by atoms with Gasteiger partial charge in [0.2, 0.25) is 0 Å². The van der Waals surface area contributed by atoms with Crippen LogP contribution in [-0.4, -0.2) is 0 Å². The largest absolute Gasteiger partial charge is 0.0654 e. The summed E-state index contributed by atoms with van der Waals surface area (Å²) >= 11 is 0. The van der Waals surface area contributed by atoms with Gasteiger partial charge in [-0.3, -0.25) is 0 Å². The first-order valence-corrected chi connectivity index (χ1v) is 5.15. The van der Waals surface area contributed by atoms with E-state index in [-0.39, 0.29) is 0 Å². The second-order valence-corrected chi connectivity index (χ2v) is 3.61. The normalized spacial score (nSPS) is 10.4. The zero-order valence-electron chi connectivity index (χ0n) is 8.77. The molecular weight excluding hydrogens is 156 g/mol. The van der Waals surface area contributed by atoms with Crippen molar-refractivity contribution < 1.29 is 0 Å². The summed E-state index contributed by atoms with van der Waals surface area (Å²) in [5, 5.41) is 0. The second kappa shape index (κ2) is 5.06. The van der Waals surface area contributed by atoms with Crippen molar-refractivity contribution in [2.75, 3.05) is 0 Å². The highest BCUT2D eigenvalue weighted by molar-refractivity contribution is 5.31. The highest BCUT2D eigenvalue weighted by Gasteiger charge is 1.97. The maximum atomic E-state index is 3.91. The minimum absolute atomic E-state index is 0.903. The summed E-state index contributed by atoms with van der Waals surface area (Å²) in [5.74, 6) is 0. The Hall–Kier alpha value is -0.780. The lowest BCUT2D eigenvalue weighted by molar-refractivity contribution is 0.794. The van der Waals surface area contributed by atoms with E-state index in [9.17, 15) is 0 Å². The molecule has 0 saturated carbocycles. The van der Waals surface area contributed by atoms with Gasteiger partial charge in [0.25, 0.3) is 0 Å². The molecule has 0 aliphatic heterocycles. The van der Waals surface area contributed by atoms with E-state index in [1.807, 2.05) is 0 Å². The van der Waals surface area contributed by atoms with Gasteiger partial charge < -0.3 is 0 Å². The minimum Gasteiger partial charge on any atom is -0.0654 e. The zero-order chi connectivity index (χ0) is 9.68. The predicted molar refractivity (Wildman–Crippen MR) is 58.9 cm³/mol. The maximum absolute atomic E-state index is 3.91. The van der Waals surface area contributed by atoms with Crippen LogP contribution in [0.25, 0.3) is 0 Å². The first-order valence-electron chi connectivity index (χ1n) is 5.15. The third-order valence-corrected chi connectivity index (χ3v) is 2.50. The van der Waals surface area contributed by atoms with Crippen molar-refractivity contribution in [3.63, 3.8) is 0 Å². The average Bonchev–Trinajstić information content (AvgIpc) is 2.15. The van der Waals surface area contributed by atoms with Gasteiger partial charge in [-0.25, -0.2) is 0 Å². The third-order valence-electron chi connectivity index (χ3n) is 2.50. The molecule has 0 fully saturated rings. The lowest BCUT2D eigenvalue weighted by Gasteiger charge is -2.05. The van der Waals surface area contributed by atoms with Gasteiger partial charge in [-0.15, -0.1) is 0 Å². The van der Waals surface area contributed by atoms with E-state index in [0.29, 0.717) is 0 Å². The van der Waals surface area contributed by atoms with Gasteiger partial charge in [0.15, 0.2) is 0 Å². The van der Waals surface area contributed by atoms with E-state index in [4.69, 9.17) is 0 Å². The van der Waals surface area contributed by atoms with E-state index < -0.39 is 0 Å². The van der Waals surface area contributed by atoms with Crippen molar-refractivity contribution >= 4 is 0 Å². The van der Waals surface area contributed by atoms with E-state index >= 15 is 0 Å². The monoisotopic (exact) mass is 175 g/mol. The quantitative estimate of drug-likeness (QED) is 0.654. The molecule has 0 N–H and O–H groups in total. The molecule has 0 heterocycles. The summed E-state index contributed by atoms with van der Waals surface area (Å²) in [6.07, 6.45) is 4.69. The topological polar surface area (TPSA) is 0 Å². The van der Waals surface area contributed by atoms with Crippen LogP contribution in [0.1, 0.15) is 36.5 Å². The first kappa shape index (κ1) is 10.3. The van der Waals surface area contributed by atoms with Crippen molar-refractivity contribution in [3.05, 3.63) is 41.8 Å². The van der Waals surface area contributed by atoms with Crippen LogP contribution in [-0.2, 0) is 12.8 Å². The van der Waals surface area contributed by atoms with E-state index in [1.165, 1.54) is 36.0 Å². The molecule has 0 aliphatic rings. The summed E-state index contributed by atoms with van der Waals surface area (Å²) in [4.78, 5) is 0. The van der Waals surface area contributed by atoms with Crippen molar-refractivity contribution in [1.29, 1.82) is 0 Å². The summed E-state index contributed by atoms with van der Waals surface area (Å²) in [5.41, 5.74) is 4.24. The van der Waals surface area contributed by atoms with Gasteiger partial charge in [0.1, 0.15) is 0 Å². The molecule has 1 aromatic carbocycles. The zero-order valence-corrected chi connectivity index (χ0v) is 8.77. The Kier molecular flexibility index (Phi) is 4.01. The van der Waals surface area contributed by atoms with E-state index in [2.05, 4.69) is 39.0 Å². The Morgan fingerprint density at radius 2 is 2.08 bits per heavy atom. The van der Waals surface area contributed by atoms with Crippen LogP contribution < -0.4 is 0 Å². The summed E-state index contributed by atoms with van der Waals surface area (Å²) in [6.45, 7) is 8.32. The minimum atomic E-state index is 0.903. The van der Waals surface area contributed by atoms with Crippen LogP contribution in [0.5, 0.6) is 0 Å². The molecule has 0 nitrogen and oxygen atoms in total. The highest BCUT2D eigenvalue weighted by Crippen LogP contribution is 2.13. The molecule has 0 aliphatic carbocycles. The van der Waals surface area contributed by atoms with Crippen molar-refractivity contribution in [1.82, 2.24) is 0 Å². The lowest BCUT2D eigenvalue weighted by atomic mass is 10.0. The maximum Gasteiger partial charge on any atom is -0.0276 e. The fourth-order valence-electron chi connectivity index (χ4n) is 1.57. The van der Waals surface area contributed by atoms with Crippen LogP contribution >= 0.6 is 0 Å². The highest BCUT2D eigenvalue weighted by atomic mass is 14.0. The molecule has 0 bridgehead atoms. The molecule has 0 saturated heterocycles. The first-order chi connectivity index (χ1) is 6.27. The lowest BCUT2D eigenvalue weighted by Crippen LogP contribution is -1.90. The molecule has 1 radical (unpaired) electrons. The Bertz CT molecular complexity index is 261. The number of rotatable bonds is 4. The van der Waals surface area contributed by atoms with Crippen LogP contribution in [0.3, 0.4) is 0 Å². The number of aryl methyl sites for hydroxylation is 2. The summed E-state index contributed by atoms with van der Waals surface area (Å²) in [6, 6.07) is 6.76. The van der Waals surface area contributed by atoms with Gasteiger partial charge in [-0.2, -0.15) is 0 Å². The number of benzene rings is 1. The molecule has 0 spiro atoms. The van der Waals surface area contributed by atoms with E-state index in [1.54, 1.807) is 0 Å². The van der Waals surface area contributed by atoms with Gasteiger partial charge in [-0.05, 0) is 49.8 Å². The van der Waals surface area contributed by atoms with E-state index in [0.717, 1.165) is 6.42 Å². The van der Waals surface area contributed by atoms with Crippen LogP contribution in [0.4, 0.5) is 0 Å². The summed E-state index contributed by atoms with van der Waals surface area (Å²) in [7, 11) is 0. The predicted octanol–water partition coefficient (Wildman–Crippen LogP) is 3.71. The number of hydrogen-bond acceptors (Lipinski definition) is 0. The standard InChI is InChI=1S/C13H19/c1-4-6-7-12-8-9-13(5-2)11(3)10-12/h8-10H,2,4-7H2,1,3H3. The SMILES string of the molecule is [CH2]Cc1ccc(CCCC)cc1C. The molecule has 0 unspecified atom stereocenters. The van der Waals surface area contributed by atoms with Crippen molar-refractivity contribution in [3.8, 4) is 0 Å². The Balaban J connectivity index is 2.71. The number of hydrogen-bond donors (Lipinski definition) is 0. The smallest absolute Gasteiger partial charge is 0.0276 e. The molecule has 1 rings (SSSR count).